The molecule has 2 heterocycles. The van der Waals surface area contributed by atoms with Crippen molar-refractivity contribution in [1.29, 1.82) is 0 Å². The SMILES string of the molecule is OCC1COC(C2CCCCS2)O1. The van der Waals surface area contributed by atoms with E-state index in [0.717, 1.165) is 0 Å². The minimum atomic E-state index is -0.0903. The number of hydrogen-bond donors (Lipinski definition) is 1. The highest BCUT2D eigenvalue weighted by Gasteiger charge is 2.33. The maximum Gasteiger partial charge on any atom is 0.170 e. The fourth-order valence-electron chi connectivity index (χ4n) is 1.74. The third-order valence-electron chi connectivity index (χ3n) is 2.50. The quantitative estimate of drug-likeness (QED) is 0.728. The van der Waals surface area contributed by atoms with Gasteiger partial charge in [0.15, 0.2) is 6.29 Å². The minimum absolute atomic E-state index is 0.0672. The first-order valence-electron chi connectivity index (χ1n) is 4.89. The molecule has 3 atom stereocenters. The zero-order chi connectivity index (χ0) is 9.10. The normalized spacial score (nSPS) is 40.8. The van der Waals surface area contributed by atoms with Gasteiger partial charge < -0.3 is 14.6 Å². The second-order valence-corrected chi connectivity index (χ2v) is 4.89. The summed E-state index contributed by atoms with van der Waals surface area (Å²) in [6, 6.07) is 0. The van der Waals surface area contributed by atoms with Crippen LogP contribution in [0, 0.1) is 0 Å². The Hall–Kier alpha value is 0.230. The van der Waals surface area contributed by atoms with Crippen LogP contribution in [0.15, 0.2) is 0 Å². The summed E-state index contributed by atoms with van der Waals surface area (Å²) in [6.45, 7) is 0.631. The van der Waals surface area contributed by atoms with Crippen LogP contribution in [0.5, 0.6) is 0 Å². The van der Waals surface area contributed by atoms with Crippen molar-refractivity contribution in [2.24, 2.45) is 0 Å². The first kappa shape index (κ1) is 9.77. The summed E-state index contributed by atoms with van der Waals surface area (Å²) in [5, 5.41) is 9.36. The lowest BCUT2D eigenvalue weighted by Gasteiger charge is -2.25. The fraction of sp³-hybridized carbons (Fsp3) is 1.00. The molecule has 2 rings (SSSR count). The molecule has 0 aromatic carbocycles. The molecule has 0 radical (unpaired) electrons. The van der Waals surface area contributed by atoms with E-state index in [-0.39, 0.29) is 19.0 Å². The molecule has 2 fully saturated rings. The number of ether oxygens (including phenoxy) is 2. The third-order valence-corrected chi connectivity index (χ3v) is 3.91. The minimum Gasteiger partial charge on any atom is -0.394 e. The molecular formula is C9H16O3S. The van der Waals surface area contributed by atoms with Crippen LogP contribution in [0.3, 0.4) is 0 Å². The molecule has 13 heavy (non-hydrogen) atoms. The van der Waals surface area contributed by atoms with Crippen LogP contribution < -0.4 is 0 Å². The van der Waals surface area contributed by atoms with Gasteiger partial charge in [0.25, 0.3) is 0 Å². The highest BCUT2D eigenvalue weighted by molar-refractivity contribution is 8.00. The molecule has 0 amide bonds. The Morgan fingerprint density at radius 3 is 2.92 bits per heavy atom. The van der Waals surface area contributed by atoms with E-state index in [1.54, 1.807) is 0 Å². The van der Waals surface area contributed by atoms with E-state index >= 15 is 0 Å². The van der Waals surface area contributed by atoms with Crippen molar-refractivity contribution in [1.82, 2.24) is 0 Å². The van der Waals surface area contributed by atoms with Gasteiger partial charge in [-0.1, -0.05) is 6.42 Å². The second-order valence-electron chi connectivity index (χ2n) is 3.55. The van der Waals surface area contributed by atoms with Gasteiger partial charge in [0.05, 0.1) is 18.5 Å². The largest absolute Gasteiger partial charge is 0.394 e. The van der Waals surface area contributed by atoms with E-state index in [9.17, 15) is 0 Å². The third kappa shape index (κ3) is 2.37. The van der Waals surface area contributed by atoms with E-state index in [2.05, 4.69) is 0 Å². The summed E-state index contributed by atoms with van der Waals surface area (Å²) in [4.78, 5) is 0. The average molecular weight is 204 g/mol. The number of aliphatic hydroxyl groups is 1. The summed E-state index contributed by atoms with van der Waals surface area (Å²) in [5.41, 5.74) is 0. The van der Waals surface area contributed by atoms with Crippen molar-refractivity contribution in [2.75, 3.05) is 19.0 Å². The van der Waals surface area contributed by atoms with Crippen LogP contribution >= 0.6 is 11.8 Å². The molecule has 2 aliphatic heterocycles. The van der Waals surface area contributed by atoms with Gasteiger partial charge in [0.2, 0.25) is 0 Å². The Balaban J connectivity index is 1.80. The first-order chi connectivity index (χ1) is 6.40. The summed E-state index contributed by atoms with van der Waals surface area (Å²) in [7, 11) is 0. The molecule has 3 unspecified atom stereocenters. The summed E-state index contributed by atoms with van der Waals surface area (Å²) < 4.78 is 11.0. The number of thioether (sulfide) groups is 1. The van der Waals surface area contributed by atoms with Crippen LogP contribution in [0.25, 0.3) is 0 Å². The van der Waals surface area contributed by atoms with E-state index in [1.165, 1.54) is 25.0 Å². The lowest BCUT2D eigenvalue weighted by molar-refractivity contribution is -0.0662. The molecule has 0 spiro atoms. The topological polar surface area (TPSA) is 38.7 Å². The van der Waals surface area contributed by atoms with E-state index in [1.807, 2.05) is 11.8 Å². The van der Waals surface area contributed by atoms with Gasteiger partial charge >= 0.3 is 0 Å². The predicted molar refractivity (Wildman–Crippen MR) is 51.8 cm³/mol. The van der Waals surface area contributed by atoms with E-state index in [4.69, 9.17) is 14.6 Å². The lowest BCUT2D eigenvalue weighted by Crippen LogP contribution is -2.28. The maximum atomic E-state index is 8.87. The van der Waals surface area contributed by atoms with Crippen LogP contribution in [0.2, 0.25) is 0 Å². The van der Waals surface area contributed by atoms with E-state index < -0.39 is 0 Å². The molecule has 76 valence electrons. The van der Waals surface area contributed by atoms with Crippen molar-refractivity contribution >= 4 is 11.8 Å². The molecule has 0 aromatic rings. The van der Waals surface area contributed by atoms with Crippen molar-refractivity contribution in [3.05, 3.63) is 0 Å². The predicted octanol–water partition coefficient (Wildman–Crippen LogP) is 1.01. The Bertz CT molecular complexity index is 159. The molecule has 4 heteroatoms. The highest BCUT2D eigenvalue weighted by Crippen LogP contribution is 2.31. The number of rotatable bonds is 2. The van der Waals surface area contributed by atoms with Gasteiger partial charge in [-0.2, -0.15) is 11.8 Å². The van der Waals surface area contributed by atoms with Crippen molar-refractivity contribution in [2.45, 2.75) is 36.9 Å². The van der Waals surface area contributed by atoms with Gasteiger partial charge in [0.1, 0.15) is 6.10 Å². The molecule has 0 aliphatic carbocycles. The van der Waals surface area contributed by atoms with Gasteiger partial charge in [-0.3, -0.25) is 0 Å². The molecule has 0 saturated carbocycles. The standard InChI is InChI=1S/C9H16O3S/c10-5-7-6-11-9(12-7)8-3-1-2-4-13-8/h7-10H,1-6H2. The van der Waals surface area contributed by atoms with E-state index in [0.29, 0.717) is 11.9 Å². The fourth-order valence-corrected chi connectivity index (χ4v) is 3.05. The molecular weight excluding hydrogens is 188 g/mol. The van der Waals surface area contributed by atoms with Crippen molar-refractivity contribution in [3.8, 4) is 0 Å². The summed E-state index contributed by atoms with van der Waals surface area (Å²) in [6.07, 6.45) is 3.63. The van der Waals surface area contributed by atoms with Crippen LogP contribution in [0.4, 0.5) is 0 Å². The second kappa shape index (κ2) is 4.64. The molecule has 2 aliphatic rings. The zero-order valence-electron chi connectivity index (χ0n) is 7.65. The lowest BCUT2D eigenvalue weighted by atomic mass is 10.2. The monoisotopic (exact) mass is 204 g/mol. The molecule has 3 nitrogen and oxygen atoms in total. The van der Waals surface area contributed by atoms with Gasteiger partial charge in [-0.25, -0.2) is 0 Å². The Labute approximate surface area is 82.8 Å². The zero-order valence-corrected chi connectivity index (χ0v) is 8.46. The first-order valence-corrected chi connectivity index (χ1v) is 5.94. The summed E-state index contributed by atoms with van der Waals surface area (Å²) >= 11 is 1.94. The van der Waals surface area contributed by atoms with Gasteiger partial charge in [-0.05, 0) is 18.6 Å². The molecule has 0 aromatic heterocycles. The molecule has 2 saturated heterocycles. The smallest absolute Gasteiger partial charge is 0.170 e. The Morgan fingerprint density at radius 2 is 2.31 bits per heavy atom. The number of hydrogen-bond acceptors (Lipinski definition) is 4. The molecule has 0 bridgehead atoms. The van der Waals surface area contributed by atoms with Crippen LogP contribution in [0.1, 0.15) is 19.3 Å². The van der Waals surface area contributed by atoms with Crippen molar-refractivity contribution in [3.63, 3.8) is 0 Å². The Kier molecular flexibility index (Phi) is 3.49. The van der Waals surface area contributed by atoms with Crippen LogP contribution in [-0.4, -0.2) is 41.7 Å². The maximum absolute atomic E-state index is 8.87. The Morgan fingerprint density at radius 1 is 1.38 bits per heavy atom. The molecule has 1 N–H and O–H groups in total. The average Bonchev–Trinajstić information content (AvgIpc) is 2.67. The van der Waals surface area contributed by atoms with Gasteiger partial charge in [-0.15, -0.1) is 0 Å². The van der Waals surface area contributed by atoms with Crippen LogP contribution in [-0.2, 0) is 9.47 Å². The number of aliphatic hydroxyl groups excluding tert-OH is 1. The van der Waals surface area contributed by atoms with Gasteiger partial charge in [0, 0.05) is 0 Å². The summed E-state index contributed by atoms with van der Waals surface area (Å²) in [5.74, 6) is 1.22. The van der Waals surface area contributed by atoms with Crippen molar-refractivity contribution < 1.29 is 14.6 Å². The highest BCUT2D eigenvalue weighted by atomic mass is 32.2.